The first-order chi connectivity index (χ1) is 9.09. The van der Waals surface area contributed by atoms with E-state index in [1.807, 2.05) is 12.1 Å². The average molecular weight is 282 g/mol. The fourth-order valence-electron chi connectivity index (χ4n) is 2.78. The number of furan rings is 1. The maximum atomic E-state index is 15.1. The molecule has 1 N–H and O–H groups in total. The minimum Gasteiger partial charge on any atom is -0.456 e. The molecule has 0 aliphatic carbocycles. The lowest BCUT2D eigenvalue weighted by Gasteiger charge is -2.32. The van der Waals surface area contributed by atoms with E-state index in [1.165, 1.54) is 0 Å². The molecule has 2 nitrogen and oxygen atoms in total. The molecule has 2 heterocycles. The van der Waals surface area contributed by atoms with Crippen molar-refractivity contribution < 1.29 is 8.81 Å². The van der Waals surface area contributed by atoms with Gasteiger partial charge in [0.25, 0.3) is 0 Å². The van der Waals surface area contributed by atoms with Gasteiger partial charge < -0.3 is 9.73 Å². The first-order valence-corrected chi connectivity index (χ1v) is 7.05. The fraction of sp³-hybridized carbons (Fsp3) is 0.467. The highest BCUT2D eigenvalue weighted by Gasteiger charge is 2.39. The van der Waals surface area contributed by atoms with Gasteiger partial charge in [-0.2, -0.15) is 0 Å². The van der Waals surface area contributed by atoms with E-state index < -0.39 is 5.67 Å². The molecule has 102 valence electrons. The second kappa shape index (κ2) is 4.80. The van der Waals surface area contributed by atoms with Gasteiger partial charge in [0, 0.05) is 17.8 Å². The first-order valence-electron chi connectivity index (χ1n) is 6.67. The predicted molar refractivity (Wildman–Crippen MR) is 75.3 cm³/mol. The molecule has 2 unspecified atom stereocenters. The molecule has 4 heteroatoms. The third-order valence-corrected chi connectivity index (χ3v) is 4.34. The molecule has 2 atom stereocenters. The van der Waals surface area contributed by atoms with Gasteiger partial charge in [-0.05, 0) is 38.4 Å². The summed E-state index contributed by atoms with van der Waals surface area (Å²) in [5.41, 5.74) is -0.887. The van der Waals surface area contributed by atoms with Crippen molar-refractivity contribution in [3.05, 3.63) is 35.0 Å². The van der Waals surface area contributed by atoms with E-state index in [9.17, 15) is 0 Å². The number of para-hydroxylation sites is 1. The van der Waals surface area contributed by atoms with E-state index in [4.69, 9.17) is 16.0 Å². The van der Waals surface area contributed by atoms with Gasteiger partial charge in [-0.1, -0.05) is 23.7 Å². The zero-order chi connectivity index (χ0) is 13.5. The lowest BCUT2D eigenvalue weighted by Crippen LogP contribution is -2.39. The summed E-state index contributed by atoms with van der Waals surface area (Å²) in [5, 5.41) is 4.63. The van der Waals surface area contributed by atoms with Gasteiger partial charge in [-0.3, -0.25) is 0 Å². The quantitative estimate of drug-likeness (QED) is 0.889. The summed E-state index contributed by atoms with van der Waals surface area (Å²) in [6.45, 7) is 3.27. The van der Waals surface area contributed by atoms with Gasteiger partial charge in [0.05, 0.1) is 5.02 Å². The van der Waals surface area contributed by atoms with Crippen molar-refractivity contribution in [2.75, 3.05) is 13.1 Å². The van der Waals surface area contributed by atoms with Crippen molar-refractivity contribution >= 4 is 22.6 Å². The maximum Gasteiger partial charge on any atom is 0.169 e. The van der Waals surface area contributed by atoms with Crippen LogP contribution in [0.2, 0.25) is 5.02 Å². The molecule has 19 heavy (non-hydrogen) atoms. The van der Waals surface area contributed by atoms with Gasteiger partial charge >= 0.3 is 0 Å². The van der Waals surface area contributed by atoms with Crippen LogP contribution in [-0.2, 0) is 5.67 Å². The molecular weight excluding hydrogens is 265 g/mol. The number of piperidine rings is 1. The summed E-state index contributed by atoms with van der Waals surface area (Å²) >= 11 is 6.08. The maximum absolute atomic E-state index is 15.1. The highest BCUT2D eigenvalue weighted by atomic mass is 35.5. The number of hydrogen-bond donors (Lipinski definition) is 1. The second-order valence-electron chi connectivity index (χ2n) is 5.39. The molecular formula is C15H17ClFNO. The summed E-state index contributed by atoms with van der Waals surface area (Å²) in [5.74, 6) is 0.324. The van der Waals surface area contributed by atoms with Gasteiger partial charge in [0.2, 0.25) is 0 Å². The number of benzene rings is 1. The van der Waals surface area contributed by atoms with Gasteiger partial charge in [-0.25, -0.2) is 4.39 Å². The molecule has 1 aliphatic rings. The van der Waals surface area contributed by atoms with Crippen LogP contribution >= 0.6 is 11.6 Å². The summed E-state index contributed by atoms with van der Waals surface area (Å²) in [4.78, 5) is 0. The van der Waals surface area contributed by atoms with Crippen molar-refractivity contribution in [2.24, 2.45) is 5.92 Å². The fourth-order valence-corrected chi connectivity index (χ4v) is 3.00. The van der Waals surface area contributed by atoms with Gasteiger partial charge in [0.15, 0.2) is 11.3 Å². The standard InChI is InChI=1S/C15H17ClFNO/c1-15(17,11-5-3-7-18-9-11)13-8-10-4-2-6-12(16)14(10)19-13/h2,4,6,8,11,18H,3,5,7,9H2,1H3. The molecule has 0 spiro atoms. The Balaban J connectivity index is 2.00. The zero-order valence-electron chi connectivity index (χ0n) is 10.9. The van der Waals surface area contributed by atoms with Crippen molar-refractivity contribution in [2.45, 2.75) is 25.4 Å². The lowest BCUT2D eigenvalue weighted by molar-refractivity contribution is 0.0591. The molecule has 1 fully saturated rings. The van der Waals surface area contributed by atoms with Crippen LogP contribution < -0.4 is 5.32 Å². The third kappa shape index (κ3) is 2.26. The minimum atomic E-state index is -1.46. The molecule has 0 bridgehead atoms. The predicted octanol–water partition coefficient (Wildman–Crippen LogP) is 4.27. The number of nitrogens with one attached hydrogen (secondary N) is 1. The average Bonchev–Trinajstić information content (AvgIpc) is 2.86. The smallest absolute Gasteiger partial charge is 0.169 e. The second-order valence-corrected chi connectivity index (χ2v) is 5.79. The van der Waals surface area contributed by atoms with Crippen molar-refractivity contribution in [3.63, 3.8) is 0 Å². The highest BCUT2D eigenvalue weighted by molar-refractivity contribution is 6.34. The summed E-state index contributed by atoms with van der Waals surface area (Å²) < 4.78 is 20.8. The monoisotopic (exact) mass is 281 g/mol. The molecule has 0 radical (unpaired) electrons. The Morgan fingerprint density at radius 1 is 1.47 bits per heavy atom. The summed E-state index contributed by atoms with van der Waals surface area (Å²) in [7, 11) is 0. The Kier molecular flexibility index (Phi) is 3.27. The van der Waals surface area contributed by atoms with Crippen LogP contribution in [0.25, 0.3) is 11.0 Å². The van der Waals surface area contributed by atoms with Crippen LogP contribution in [0.4, 0.5) is 4.39 Å². The topological polar surface area (TPSA) is 25.2 Å². The van der Waals surface area contributed by atoms with Crippen molar-refractivity contribution in [3.8, 4) is 0 Å². The zero-order valence-corrected chi connectivity index (χ0v) is 11.6. The summed E-state index contributed by atoms with van der Waals surface area (Å²) in [6.07, 6.45) is 1.88. The Bertz CT molecular complexity index is 587. The normalized spacial score (nSPS) is 23.4. The first kappa shape index (κ1) is 12.9. The Morgan fingerprint density at radius 2 is 2.32 bits per heavy atom. The van der Waals surface area contributed by atoms with Gasteiger partial charge in [0.1, 0.15) is 5.76 Å². The summed E-state index contributed by atoms with van der Waals surface area (Å²) in [6, 6.07) is 7.27. The van der Waals surface area contributed by atoms with Crippen LogP contribution in [0.3, 0.4) is 0 Å². The molecule has 2 aromatic rings. The van der Waals surface area contributed by atoms with E-state index in [2.05, 4.69) is 5.32 Å². The molecule has 3 rings (SSSR count). The molecule has 1 aromatic carbocycles. The lowest BCUT2D eigenvalue weighted by atomic mass is 9.83. The van der Waals surface area contributed by atoms with Crippen LogP contribution in [-0.4, -0.2) is 13.1 Å². The Labute approximate surface area is 116 Å². The number of rotatable bonds is 2. The van der Waals surface area contributed by atoms with Crippen LogP contribution in [0, 0.1) is 5.92 Å². The third-order valence-electron chi connectivity index (χ3n) is 4.04. The molecule has 1 aromatic heterocycles. The molecule has 0 saturated carbocycles. The number of hydrogen-bond acceptors (Lipinski definition) is 2. The number of alkyl halides is 1. The molecule has 1 saturated heterocycles. The Morgan fingerprint density at radius 3 is 3.00 bits per heavy atom. The highest BCUT2D eigenvalue weighted by Crippen LogP contribution is 2.40. The van der Waals surface area contributed by atoms with Crippen LogP contribution in [0.1, 0.15) is 25.5 Å². The number of halogens is 2. The minimum absolute atomic E-state index is 0.0550. The van der Waals surface area contributed by atoms with E-state index in [0.29, 0.717) is 22.9 Å². The van der Waals surface area contributed by atoms with Crippen LogP contribution in [0.15, 0.2) is 28.7 Å². The van der Waals surface area contributed by atoms with E-state index in [0.717, 1.165) is 24.8 Å². The van der Waals surface area contributed by atoms with Crippen LogP contribution in [0.5, 0.6) is 0 Å². The largest absolute Gasteiger partial charge is 0.456 e. The SMILES string of the molecule is CC(F)(c1cc2cccc(Cl)c2o1)C1CCCNC1. The molecule has 0 amide bonds. The van der Waals surface area contributed by atoms with E-state index in [-0.39, 0.29) is 5.92 Å². The van der Waals surface area contributed by atoms with E-state index in [1.54, 1.807) is 19.1 Å². The van der Waals surface area contributed by atoms with Crippen molar-refractivity contribution in [1.29, 1.82) is 0 Å². The molecule has 1 aliphatic heterocycles. The van der Waals surface area contributed by atoms with E-state index >= 15 is 4.39 Å². The number of fused-ring (bicyclic) bond motifs is 1. The van der Waals surface area contributed by atoms with Gasteiger partial charge in [-0.15, -0.1) is 0 Å². The Hall–Kier alpha value is -1.06. The van der Waals surface area contributed by atoms with Crippen molar-refractivity contribution in [1.82, 2.24) is 5.32 Å².